The van der Waals surface area contributed by atoms with Crippen molar-refractivity contribution in [2.45, 2.75) is 57.1 Å². The summed E-state index contributed by atoms with van der Waals surface area (Å²) in [6.07, 6.45) is 5.48. The van der Waals surface area contributed by atoms with Gasteiger partial charge in [0.2, 0.25) is 0 Å². The van der Waals surface area contributed by atoms with Crippen LogP contribution in [0.1, 0.15) is 45.4 Å². The molecule has 0 aromatic carbocycles. The minimum Gasteiger partial charge on any atom is -0.375 e. The number of carbonyl (C=O) groups excluding carboxylic acids is 1. The molecule has 0 saturated carbocycles. The number of carbonyl (C=O) groups is 1. The molecule has 2 heterocycles. The first kappa shape index (κ1) is 14.4. The molecule has 2 saturated heterocycles. The number of rotatable bonds is 4. The van der Waals surface area contributed by atoms with E-state index in [1.807, 2.05) is 18.7 Å². The van der Waals surface area contributed by atoms with Gasteiger partial charge in [0.25, 0.3) is 0 Å². The van der Waals surface area contributed by atoms with Crippen molar-refractivity contribution in [3.63, 3.8) is 0 Å². The van der Waals surface area contributed by atoms with Crippen LogP contribution in [0, 0.1) is 5.92 Å². The molecular weight excluding hydrogens is 246 g/mol. The van der Waals surface area contributed by atoms with Gasteiger partial charge >= 0.3 is 0 Å². The summed E-state index contributed by atoms with van der Waals surface area (Å²) in [7, 11) is 0. The first-order valence-electron chi connectivity index (χ1n) is 7.15. The van der Waals surface area contributed by atoms with Crippen LogP contribution in [0.4, 0.5) is 0 Å². The van der Waals surface area contributed by atoms with Crippen LogP contribution in [0.5, 0.6) is 0 Å². The van der Waals surface area contributed by atoms with E-state index in [1.165, 1.54) is 11.5 Å². The van der Waals surface area contributed by atoms with Gasteiger partial charge < -0.3 is 10.5 Å². The van der Waals surface area contributed by atoms with E-state index < -0.39 is 0 Å². The van der Waals surface area contributed by atoms with Crippen LogP contribution in [0.25, 0.3) is 0 Å². The molecule has 4 heteroatoms. The van der Waals surface area contributed by atoms with Gasteiger partial charge in [0.1, 0.15) is 5.78 Å². The number of nitrogens with two attached hydrogens (primary N) is 1. The Balaban J connectivity index is 1.91. The molecule has 0 aliphatic carbocycles. The zero-order chi connectivity index (χ0) is 13.0. The standard InChI is InChI=1S/C14H25NO2S/c1-2-12(15)9-13(16)11-3-6-17-14(10-11)4-7-18-8-5-14/h11-12H,2-10,15H2,1H3. The second-order valence-electron chi connectivity index (χ2n) is 5.67. The van der Waals surface area contributed by atoms with Crippen molar-refractivity contribution in [2.75, 3.05) is 18.1 Å². The molecule has 1 spiro atoms. The Morgan fingerprint density at radius 2 is 2.22 bits per heavy atom. The fourth-order valence-corrected chi connectivity index (χ4v) is 4.20. The lowest BCUT2D eigenvalue weighted by Crippen LogP contribution is -2.45. The van der Waals surface area contributed by atoms with Gasteiger partial charge in [-0.25, -0.2) is 0 Å². The summed E-state index contributed by atoms with van der Waals surface area (Å²) in [4.78, 5) is 12.3. The number of ether oxygens (including phenoxy) is 1. The molecule has 2 fully saturated rings. The number of hydrogen-bond donors (Lipinski definition) is 1. The highest BCUT2D eigenvalue weighted by atomic mass is 32.2. The molecular formula is C14H25NO2S. The summed E-state index contributed by atoms with van der Waals surface area (Å²) in [5.74, 6) is 2.91. The quantitative estimate of drug-likeness (QED) is 0.853. The van der Waals surface area contributed by atoms with Gasteiger partial charge in [-0.1, -0.05) is 6.92 Å². The third kappa shape index (κ3) is 3.49. The smallest absolute Gasteiger partial charge is 0.137 e. The molecule has 0 bridgehead atoms. The molecule has 2 aliphatic rings. The Morgan fingerprint density at radius 3 is 2.89 bits per heavy atom. The number of hydrogen-bond acceptors (Lipinski definition) is 4. The van der Waals surface area contributed by atoms with E-state index >= 15 is 0 Å². The Morgan fingerprint density at radius 1 is 1.50 bits per heavy atom. The molecule has 0 radical (unpaired) electrons. The average molecular weight is 271 g/mol. The molecule has 18 heavy (non-hydrogen) atoms. The van der Waals surface area contributed by atoms with Crippen molar-refractivity contribution in [2.24, 2.45) is 11.7 Å². The molecule has 2 rings (SSSR count). The number of Topliss-reactive ketones (excluding diaryl/α,β-unsaturated/α-hetero) is 1. The Kier molecular flexibility index (Phi) is 5.10. The van der Waals surface area contributed by atoms with Gasteiger partial charge in [0, 0.05) is 25.0 Å². The van der Waals surface area contributed by atoms with Gasteiger partial charge in [-0.05, 0) is 43.6 Å². The lowest BCUT2D eigenvalue weighted by molar-refractivity contribution is -0.138. The maximum absolute atomic E-state index is 12.3. The van der Waals surface area contributed by atoms with E-state index in [2.05, 4.69) is 0 Å². The van der Waals surface area contributed by atoms with E-state index in [0.717, 1.165) is 38.7 Å². The normalized spacial score (nSPS) is 29.1. The van der Waals surface area contributed by atoms with E-state index in [0.29, 0.717) is 12.2 Å². The molecule has 0 aromatic rings. The number of thioether (sulfide) groups is 1. The highest BCUT2D eigenvalue weighted by molar-refractivity contribution is 7.99. The average Bonchev–Trinajstić information content (AvgIpc) is 2.39. The van der Waals surface area contributed by atoms with Crippen LogP contribution in [0.3, 0.4) is 0 Å². The van der Waals surface area contributed by atoms with Crippen molar-refractivity contribution in [3.05, 3.63) is 0 Å². The molecule has 2 N–H and O–H groups in total. The molecule has 2 atom stereocenters. The van der Waals surface area contributed by atoms with E-state index in [4.69, 9.17) is 10.5 Å². The predicted molar refractivity (Wildman–Crippen MR) is 75.9 cm³/mol. The summed E-state index contributed by atoms with van der Waals surface area (Å²) < 4.78 is 6.02. The van der Waals surface area contributed by atoms with Crippen molar-refractivity contribution in [1.82, 2.24) is 0 Å². The van der Waals surface area contributed by atoms with Crippen LogP contribution >= 0.6 is 11.8 Å². The minimum atomic E-state index is 0.0140. The van der Waals surface area contributed by atoms with Crippen LogP contribution in [0.15, 0.2) is 0 Å². The molecule has 3 nitrogen and oxygen atoms in total. The summed E-state index contributed by atoms with van der Waals surface area (Å²) >= 11 is 2.00. The van der Waals surface area contributed by atoms with Crippen molar-refractivity contribution in [1.29, 1.82) is 0 Å². The summed E-state index contributed by atoms with van der Waals surface area (Å²) in [5, 5.41) is 0. The van der Waals surface area contributed by atoms with Gasteiger partial charge in [-0.2, -0.15) is 11.8 Å². The lowest BCUT2D eigenvalue weighted by atomic mass is 9.79. The van der Waals surface area contributed by atoms with Crippen LogP contribution in [-0.2, 0) is 9.53 Å². The summed E-state index contributed by atoms with van der Waals surface area (Å²) in [6.45, 7) is 2.80. The maximum Gasteiger partial charge on any atom is 0.137 e. The highest BCUT2D eigenvalue weighted by Crippen LogP contribution is 2.40. The van der Waals surface area contributed by atoms with Gasteiger partial charge in [-0.15, -0.1) is 0 Å². The van der Waals surface area contributed by atoms with Gasteiger partial charge in [0.05, 0.1) is 5.60 Å². The van der Waals surface area contributed by atoms with Crippen molar-refractivity contribution in [3.8, 4) is 0 Å². The molecule has 0 amide bonds. The first-order chi connectivity index (χ1) is 8.65. The second kappa shape index (κ2) is 6.40. The maximum atomic E-state index is 12.3. The predicted octanol–water partition coefficient (Wildman–Crippen LogP) is 2.38. The van der Waals surface area contributed by atoms with Crippen LogP contribution < -0.4 is 5.73 Å². The topological polar surface area (TPSA) is 52.3 Å². The first-order valence-corrected chi connectivity index (χ1v) is 8.31. The molecule has 104 valence electrons. The minimum absolute atomic E-state index is 0.0140. The van der Waals surface area contributed by atoms with E-state index in [1.54, 1.807) is 0 Å². The van der Waals surface area contributed by atoms with Gasteiger partial charge in [-0.3, -0.25) is 4.79 Å². The number of ketones is 1. The van der Waals surface area contributed by atoms with E-state index in [-0.39, 0.29) is 17.6 Å². The molecule has 2 unspecified atom stereocenters. The van der Waals surface area contributed by atoms with Gasteiger partial charge in [0.15, 0.2) is 0 Å². The lowest BCUT2D eigenvalue weighted by Gasteiger charge is -2.43. The zero-order valence-electron chi connectivity index (χ0n) is 11.3. The Bertz CT molecular complexity index is 284. The Hall–Kier alpha value is -0.0600. The monoisotopic (exact) mass is 271 g/mol. The Labute approximate surface area is 114 Å². The molecule has 0 aromatic heterocycles. The fraction of sp³-hybridized carbons (Fsp3) is 0.929. The zero-order valence-corrected chi connectivity index (χ0v) is 12.1. The third-order valence-corrected chi connectivity index (χ3v) is 5.33. The summed E-state index contributed by atoms with van der Waals surface area (Å²) in [6, 6.07) is 0.0400. The van der Waals surface area contributed by atoms with E-state index in [9.17, 15) is 4.79 Å². The molecule has 2 aliphatic heterocycles. The largest absolute Gasteiger partial charge is 0.375 e. The summed E-state index contributed by atoms with van der Waals surface area (Å²) in [5.41, 5.74) is 5.91. The van der Waals surface area contributed by atoms with Crippen molar-refractivity contribution >= 4 is 17.5 Å². The second-order valence-corrected chi connectivity index (χ2v) is 6.90. The highest BCUT2D eigenvalue weighted by Gasteiger charge is 2.40. The van der Waals surface area contributed by atoms with Crippen molar-refractivity contribution < 1.29 is 9.53 Å². The van der Waals surface area contributed by atoms with Crippen LogP contribution in [-0.4, -0.2) is 35.5 Å². The van der Waals surface area contributed by atoms with Crippen LogP contribution in [0.2, 0.25) is 0 Å². The fourth-order valence-electron chi connectivity index (χ4n) is 2.96. The SMILES string of the molecule is CCC(N)CC(=O)C1CCOC2(CCSCC2)C1. The third-order valence-electron chi connectivity index (χ3n) is 4.34.